The van der Waals surface area contributed by atoms with E-state index >= 15 is 0 Å². The Morgan fingerprint density at radius 2 is 1.56 bits per heavy atom. The molecule has 0 saturated carbocycles. The second kappa shape index (κ2) is 7.11. The van der Waals surface area contributed by atoms with E-state index < -0.39 is 50.5 Å². The molecule has 1 aliphatic heterocycles. The fourth-order valence-corrected chi connectivity index (χ4v) is 3.44. The molecule has 25 heavy (non-hydrogen) atoms. The van der Waals surface area contributed by atoms with E-state index in [-0.39, 0.29) is 13.0 Å². The quantitative estimate of drug-likeness (QED) is 0.736. The lowest BCUT2D eigenvalue weighted by molar-refractivity contribution is -0.160. The highest BCUT2D eigenvalue weighted by atomic mass is 32.2. The molecule has 146 valence electrons. The van der Waals surface area contributed by atoms with Crippen molar-refractivity contribution in [3.63, 3.8) is 0 Å². The molecule has 0 radical (unpaired) electrons. The van der Waals surface area contributed by atoms with Crippen molar-refractivity contribution in [3.8, 4) is 0 Å². The van der Waals surface area contributed by atoms with Crippen molar-refractivity contribution in [2.24, 2.45) is 5.92 Å². The number of hydrogen-bond donors (Lipinski definition) is 1. The second-order valence-corrected chi connectivity index (χ2v) is 10.5. The standard InChI is InChI=1S/C16H29NO7S/c1-15(2,3)23-12(18)11-8-10(13(19)25(7,21)22)9-17(11)14(20)24-16(4,5)6/h10-11,13,19H,8-9H2,1-7H3/t10-,11-,13?/m0/s1. The Morgan fingerprint density at radius 1 is 1.08 bits per heavy atom. The van der Waals surface area contributed by atoms with Crippen LogP contribution in [0.5, 0.6) is 0 Å². The summed E-state index contributed by atoms with van der Waals surface area (Å²) in [6, 6.07) is -1.00. The average Bonchev–Trinajstić information content (AvgIpc) is 2.77. The van der Waals surface area contributed by atoms with Gasteiger partial charge in [-0.1, -0.05) is 0 Å². The van der Waals surface area contributed by atoms with Gasteiger partial charge in [0, 0.05) is 18.7 Å². The maximum absolute atomic E-state index is 12.5. The molecule has 0 aliphatic carbocycles. The molecule has 1 heterocycles. The fourth-order valence-electron chi connectivity index (χ4n) is 2.54. The lowest BCUT2D eigenvalue weighted by atomic mass is 10.1. The monoisotopic (exact) mass is 379 g/mol. The van der Waals surface area contributed by atoms with Gasteiger partial charge in [0.2, 0.25) is 0 Å². The molecule has 0 aromatic heterocycles. The summed E-state index contributed by atoms with van der Waals surface area (Å²) in [5, 5.41) is 10.0. The number of esters is 1. The normalized spacial score (nSPS) is 23.3. The Hall–Kier alpha value is -1.35. The topological polar surface area (TPSA) is 110 Å². The summed E-state index contributed by atoms with van der Waals surface area (Å²) in [4.78, 5) is 26.0. The van der Waals surface area contributed by atoms with Gasteiger partial charge in [0.1, 0.15) is 17.2 Å². The molecule has 8 nitrogen and oxygen atoms in total. The molecule has 1 rings (SSSR count). The van der Waals surface area contributed by atoms with E-state index in [2.05, 4.69) is 0 Å². The van der Waals surface area contributed by atoms with Crippen LogP contribution in [-0.2, 0) is 24.1 Å². The number of carbonyl (C=O) groups is 2. The zero-order chi connectivity index (χ0) is 19.8. The molecule has 1 N–H and O–H groups in total. The first-order valence-corrected chi connectivity index (χ1v) is 10.1. The Balaban J connectivity index is 3.06. The van der Waals surface area contributed by atoms with Crippen LogP contribution < -0.4 is 0 Å². The van der Waals surface area contributed by atoms with Crippen LogP contribution in [0.1, 0.15) is 48.0 Å². The van der Waals surface area contributed by atoms with Crippen molar-refractivity contribution in [1.29, 1.82) is 0 Å². The number of nitrogens with zero attached hydrogens (tertiary/aromatic N) is 1. The zero-order valence-electron chi connectivity index (χ0n) is 15.9. The number of sulfone groups is 1. The molecule has 1 unspecified atom stereocenters. The van der Waals surface area contributed by atoms with Crippen LogP contribution in [-0.4, -0.2) is 66.0 Å². The predicted octanol–water partition coefficient (Wildman–Crippen LogP) is 1.32. The van der Waals surface area contributed by atoms with Crippen LogP contribution in [0.2, 0.25) is 0 Å². The number of carbonyl (C=O) groups excluding carboxylic acids is 2. The van der Waals surface area contributed by atoms with Crippen LogP contribution in [0.4, 0.5) is 4.79 Å². The first-order chi connectivity index (χ1) is 11.0. The Kier molecular flexibility index (Phi) is 6.17. The van der Waals surface area contributed by atoms with E-state index in [0.717, 1.165) is 11.2 Å². The molecule has 1 aliphatic rings. The number of likely N-dealkylation sites (tertiary alicyclic amines) is 1. The van der Waals surface area contributed by atoms with Crippen LogP contribution in [0, 0.1) is 5.92 Å². The molecular weight excluding hydrogens is 350 g/mol. The third-order valence-electron chi connectivity index (χ3n) is 3.48. The zero-order valence-corrected chi connectivity index (χ0v) is 16.7. The third-order valence-corrected chi connectivity index (χ3v) is 4.74. The molecule has 0 aromatic carbocycles. The summed E-state index contributed by atoms with van der Waals surface area (Å²) in [6.07, 6.45) is 0.158. The first-order valence-electron chi connectivity index (χ1n) is 8.11. The number of hydrogen-bond acceptors (Lipinski definition) is 7. The van der Waals surface area contributed by atoms with Crippen molar-refractivity contribution in [2.75, 3.05) is 12.8 Å². The summed E-state index contributed by atoms with van der Waals surface area (Å²) in [5.74, 6) is -1.44. The van der Waals surface area contributed by atoms with Gasteiger partial charge in [0.05, 0.1) is 0 Å². The van der Waals surface area contributed by atoms with Gasteiger partial charge in [-0.05, 0) is 48.0 Å². The molecule has 0 spiro atoms. The molecule has 0 aromatic rings. The molecule has 1 saturated heterocycles. The van der Waals surface area contributed by atoms with Crippen LogP contribution in [0.3, 0.4) is 0 Å². The summed E-state index contributed by atoms with van der Waals surface area (Å²) < 4.78 is 33.9. The van der Waals surface area contributed by atoms with Crippen LogP contribution in [0.25, 0.3) is 0 Å². The van der Waals surface area contributed by atoms with Gasteiger partial charge in [-0.2, -0.15) is 0 Å². The third kappa shape index (κ3) is 6.47. The Bertz CT molecular complexity index is 579. The maximum atomic E-state index is 12.5. The summed E-state index contributed by atoms with van der Waals surface area (Å²) >= 11 is 0. The minimum atomic E-state index is -3.73. The number of rotatable bonds is 3. The molecule has 9 heteroatoms. The second-order valence-electron chi connectivity index (χ2n) is 8.40. The highest BCUT2D eigenvalue weighted by Gasteiger charge is 2.47. The SMILES string of the molecule is CC(C)(C)OC(=O)[C@@H]1C[C@H](C(O)S(C)(=O)=O)CN1C(=O)OC(C)(C)C. The Morgan fingerprint density at radius 3 is 1.96 bits per heavy atom. The first kappa shape index (κ1) is 21.7. The van der Waals surface area contributed by atoms with Gasteiger partial charge in [-0.25, -0.2) is 18.0 Å². The fraction of sp³-hybridized carbons (Fsp3) is 0.875. The van der Waals surface area contributed by atoms with Gasteiger partial charge in [0.15, 0.2) is 15.3 Å². The summed E-state index contributed by atoms with van der Waals surface area (Å²) in [5.41, 5.74) is -3.20. The van der Waals surface area contributed by atoms with Crippen molar-refractivity contribution in [1.82, 2.24) is 4.90 Å². The summed E-state index contributed by atoms with van der Waals surface area (Å²) in [7, 11) is -3.73. The van der Waals surface area contributed by atoms with E-state index in [1.165, 1.54) is 0 Å². The van der Waals surface area contributed by atoms with E-state index in [0.29, 0.717) is 0 Å². The van der Waals surface area contributed by atoms with Crippen LogP contribution in [0.15, 0.2) is 0 Å². The Labute approximate surface area is 149 Å². The molecule has 1 fully saturated rings. The molecule has 3 atom stereocenters. The lowest BCUT2D eigenvalue weighted by Crippen LogP contribution is -2.45. The van der Waals surface area contributed by atoms with E-state index in [1.54, 1.807) is 41.5 Å². The number of aliphatic hydroxyl groups excluding tert-OH is 1. The molecule has 1 amide bonds. The van der Waals surface area contributed by atoms with E-state index in [4.69, 9.17) is 9.47 Å². The van der Waals surface area contributed by atoms with Gasteiger partial charge in [-0.3, -0.25) is 4.90 Å². The van der Waals surface area contributed by atoms with Gasteiger partial charge in [0.25, 0.3) is 0 Å². The predicted molar refractivity (Wildman–Crippen MR) is 91.5 cm³/mol. The average molecular weight is 379 g/mol. The molecule has 0 bridgehead atoms. The lowest BCUT2D eigenvalue weighted by Gasteiger charge is -2.29. The molecular formula is C16H29NO7S. The summed E-state index contributed by atoms with van der Waals surface area (Å²) in [6.45, 7) is 10.0. The maximum Gasteiger partial charge on any atom is 0.411 e. The highest BCUT2D eigenvalue weighted by Crippen LogP contribution is 2.31. The van der Waals surface area contributed by atoms with Crippen LogP contribution >= 0.6 is 0 Å². The van der Waals surface area contributed by atoms with Gasteiger partial charge < -0.3 is 14.6 Å². The largest absolute Gasteiger partial charge is 0.458 e. The van der Waals surface area contributed by atoms with Crippen molar-refractivity contribution < 1.29 is 32.6 Å². The number of ether oxygens (including phenoxy) is 2. The highest BCUT2D eigenvalue weighted by molar-refractivity contribution is 7.91. The van der Waals surface area contributed by atoms with Crippen molar-refractivity contribution in [3.05, 3.63) is 0 Å². The van der Waals surface area contributed by atoms with E-state index in [1.807, 2.05) is 0 Å². The number of aliphatic hydroxyl groups is 1. The van der Waals surface area contributed by atoms with Gasteiger partial charge in [-0.15, -0.1) is 0 Å². The minimum Gasteiger partial charge on any atom is -0.458 e. The smallest absolute Gasteiger partial charge is 0.411 e. The van der Waals surface area contributed by atoms with Crippen molar-refractivity contribution in [2.45, 2.75) is 70.6 Å². The number of amides is 1. The van der Waals surface area contributed by atoms with E-state index in [9.17, 15) is 23.1 Å². The van der Waals surface area contributed by atoms with Gasteiger partial charge >= 0.3 is 12.1 Å². The minimum absolute atomic E-state index is 0.0115. The van der Waals surface area contributed by atoms with Crippen molar-refractivity contribution >= 4 is 21.9 Å².